The molecule has 3 heteroatoms. The van der Waals surface area contributed by atoms with Gasteiger partial charge in [0.2, 0.25) is 0 Å². The van der Waals surface area contributed by atoms with Crippen molar-refractivity contribution < 1.29 is 4.79 Å². The zero-order chi connectivity index (χ0) is 8.97. The van der Waals surface area contributed by atoms with E-state index in [1.807, 2.05) is 0 Å². The van der Waals surface area contributed by atoms with Gasteiger partial charge in [-0.25, -0.2) is 0 Å². The lowest BCUT2D eigenvalue weighted by atomic mass is 10.3. The van der Waals surface area contributed by atoms with Crippen LogP contribution in [-0.2, 0) is 6.54 Å². The molecule has 0 aliphatic rings. The first-order valence-corrected chi connectivity index (χ1v) is 3.72. The molecule has 0 radical (unpaired) electrons. The molecule has 12 heavy (non-hydrogen) atoms. The van der Waals surface area contributed by atoms with E-state index in [2.05, 4.69) is 11.0 Å². The predicted molar refractivity (Wildman–Crippen MR) is 45.7 cm³/mol. The Balaban J connectivity index is 2.66. The van der Waals surface area contributed by atoms with Gasteiger partial charge in [-0.15, -0.1) is 12.3 Å². The first-order chi connectivity index (χ1) is 5.74. The predicted octanol–water partition coefficient (Wildman–Crippen LogP) is 1.11. The monoisotopic (exact) mass is 162 g/mol. The summed E-state index contributed by atoms with van der Waals surface area (Å²) in [5.74, 6) is 2.49. The van der Waals surface area contributed by atoms with Gasteiger partial charge in [-0.2, -0.15) is 5.10 Å². The Morgan fingerprint density at radius 1 is 1.83 bits per heavy atom. The third-order valence-electron chi connectivity index (χ3n) is 1.49. The quantitative estimate of drug-likeness (QED) is 0.493. The first-order valence-electron chi connectivity index (χ1n) is 3.72. The van der Waals surface area contributed by atoms with Crippen LogP contribution in [0.5, 0.6) is 0 Å². The summed E-state index contributed by atoms with van der Waals surface area (Å²) in [5, 5.41) is 4.02. The summed E-state index contributed by atoms with van der Waals surface area (Å²) in [4.78, 5) is 10.8. The fraction of sp³-hybridized carbons (Fsp3) is 0.333. The maximum absolute atomic E-state index is 10.8. The van der Waals surface area contributed by atoms with Crippen molar-refractivity contribution in [3.8, 4) is 12.3 Å². The number of nitrogens with zero attached hydrogens (tertiary/aromatic N) is 2. The van der Waals surface area contributed by atoms with Crippen molar-refractivity contribution in [1.82, 2.24) is 9.78 Å². The van der Waals surface area contributed by atoms with E-state index in [1.54, 1.807) is 16.9 Å². The molecule has 0 spiro atoms. The lowest BCUT2D eigenvalue weighted by Gasteiger charge is -1.94. The Morgan fingerprint density at radius 2 is 2.58 bits per heavy atom. The molecule has 0 aliphatic carbocycles. The van der Waals surface area contributed by atoms with Gasteiger partial charge in [0.1, 0.15) is 5.69 Å². The average Bonchev–Trinajstić information content (AvgIpc) is 2.48. The average molecular weight is 162 g/mol. The summed E-state index contributed by atoms with van der Waals surface area (Å²) < 4.78 is 1.68. The highest BCUT2D eigenvalue weighted by Gasteiger charge is 2.01. The lowest BCUT2D eigenvalue weighted by Crippen LogP contribution is -2.00. The summed E-state index contributed by atoms with van der Waals surface area (Å²) in [6.07, 6.45) is 7.48. The molecule has 0 bridgehead atoms. The smallest absolute Gasteiger partial charge is 0.179 e. The third kappa shape index (κ3) is 1.96. The van der Waals surface area contributed by atoms with Crippen molar-refractivity contribution in [2.45, 2.75) is 19.9 Å². The summed E-state index contributed by atoms with van der Waals surface area (Å²) in [6.45, 7) is 2.16. The largest absolute Gasteiger partial charge is 0.293 e. The van der Waals surface area contributed by atoms with Crippen molar-refractivity contribution in [2.75, 3.05) is 0 Å². The number of rotatable bonds is 3. The number of Topliss-reactive ketones (excluding diaryl/α,β-unsaturated/α-hetero) is 1. The molecule has 1 rings (SSSR count). The fourth-order valence-electron chi connectivity index (χ4n) is 0.853. The minimum Gasteiger partial charge on any atom is -0.293 e. The molecular formula is C9H10N2O. The van der Waals surface area contributed by atoms with Crippen LogP contribution in [0.2, 0.25) is 0 Å². The van der Waals surface area contributed by atoms with Crippen molar-refractivity contribution in [2.24, 2.45) is 0 Å². The van der Waals surface area contributed by atoms with Gasteiger partial charge < -0.3 is 0 Å². The number of hydrogen-bond donors (Lipinski definition) is 0. The number of carbonyl (C=O) groups excluding carboxylic acids is 1. The fourth-order valence-corrected chi connectivity index (χ4v) is 0.853. The molecule has 0 saturated carbocycles. The summed E-state index contributed by atoms with van der Waals surface area (Å²) in [7, 11) is 0. The molecule has 0 saturated heterocycles. The molecule has 0 fully saturated rings. The van der Waals surface area contributed by atoms with Gasteiger partial charge >= 0.3 is 0 Å². The Hall–Kier alpha value is -1.56. The Labute approximate surface area is 71.4 Å². The number of hydrogen-bond acceptors (Lipinski definition) is 2. The van der Waals surface area contributed by atoms with E-state index in [-0.39, 0.29) is 5.78 Å². The highest BCUT2D eigenvalue weighted by atomic mass is 16.1. The van der Waals surface area contributed by atoms with Gasteiger partial charge in [0, 0.05) is 19.5 Å². The second-order valence-corrected chi connectivity index (χ2v) is 2.47. The topological polar surface area (TPSA) is 34.9 Å². The first kappa shape index (κ1) is 8.54. The summed E-state index contributed by atoms with van der Waals surface area (Å²) in [6, 6.07) is 1.69. The highest BCUT2D eigenvalue weighted by Crippen LogP contribution is 1.97. The van der Waals surface area contributed by atoms with Crippen LogP contribution in [0.25, 0.3) is 0 Å². The number of aromatic nitrogens is 2. The van der Waals surface area contributed by atoms with E-state index in [0.29, 0.717) is 18.7 Å². The van der Waals surface area contributed by atoms with Crippen LogP contribution in [0.4, 0.5) is 0 Å². The third-order valence-corrected chi connectivity index (χ3v) is 1.49. The molecule has 0 amide bonds. The molecule has 3 nitrogen and oxygen atoms in total. The normalized spacial score (nSPS) is 9.33. The van der Waals surface area contributed by atoms with Gasteiger partial charge in [-0.05, 0) is 6.07 Å². The molecule has 1 aromatic heterocycles. The molecule has 0 N–H and O–H groups in total. The summed E-state index contributed by atoms with van der Waals surface area (Å²) in [5.41, 5.74) is 0.493. The minimum absolute atomic E-state index is 0.0190. The van der Waals surface area contributed by atoms with Gasteiger partial charge in [-0.3, -0.25) is 9.48 Å². The van der Waals surface area contributed by atoms with E-state index in [4.69, 9.17) is 6.42 Å². The van der Waals surface area contributed by atoms with Crippen LogP contribution in [0.3, 0.4) is 0 Å². The zero-order valence-corrected chi connectivity index (χ0v) is 6.95. The van der Waals surface area contributed by atoms with Crippen LogP contribution in [0, 0.1) is 12.3 Å². The standard InChI is InChI=1S/C9H10N2O/c1-3-4-6-11-7-5-9(10-11)8(2)12/h1,5,7H,4,6H2,2H3. The van der Waals surface area contributed by atoms with E-state index in [1.165, 1.54) is 6.92 Å². The number of terminal acetylenes is 1. The number of aryl methyl sites for hydroxylation is 1. The Morgan fingerprint density at radius 3 is 3.08 bits per heavy atom. The van der Waals surface area contributed by atoms with Crippen LogP contribution < -0.4 is 0 Å². The number of ketones is 1. The van der Waals surface area contributed by atoms with Crippen molar-refractivity contribution in [3.63, 3.8) is 0 Å². The molecule has 1 heterocycles. The van der Waals surface area contributed by atoms with Gasteiger partial charge in [-0.1, -0.05) is 0 Å². The molecule has 0 aromatic carbocycles. The van der Waals surface area contributed by atoms with Crippen LogP contribution in [0.15, 0.2) is 12.3 Å². The molecule has 0 atom stereocenters. The van der Waals surface area contributed by atoms with Crippen molar-refractivity contribution in [1.29, 1.82) is 0 Å². The van der Waals surface area contributed by atoms with Crippen molar-refractivity contribution >= 4 is 5.78 Å². The van der Waals surface area contributed by atoms with Crippen molar-refractivity contribution in [3.05, 3.63) is 18.0 Å². The lowest BCUT2D eigenvalue weighted by molar-refractivity contribution is 0.101. The molecule has 1 aromatic rings. The molecule has 0 unspecified atom stereocenters. The summed E-state index contributed by atoms with van der Waals surface area (Å²) >= 11 is 0. The number of carbonyl (C=O) groups is 1. The van der Waals surface area contributed by atoms with Gasteiger partial charge in [0.15, 0.2) is 5.78 Å². The Bertz CT molecular complexity index is 320. The van der Waals surface area contributed by atoms with Crippen LogP contribution in [0.1, 0.15) is 23.8 Å². The molecular weight excluding hydrogens is 152 g/mol. The van der Waals surface area contributed by atoms with E-state index < -0.39 is 0 Å². The van der Waals surface area contributed by atoms with Crippen LogP contribution >= 0.6 is 0 Å². The second-order valence-electron chi connectivity index (χ2n) is 2.47. The van der Waals surface area contributed by atoms with E-state index >= 15 is 0 Å². The molecule has 62 valence electrons. The highest BCUT2D eigenvalue weighted by molar-refractivity contribution is 5.91. The van der Waals surface area contributed by atoms with E-state index in [0.717, 1.165) is 0 Å². The van der Waals surface area contributed by atoms with Gasteiger partial charge in [0.25, 0.3) is 0 Å². The molecule has 0 aliphatic heterocycles. The van der Waals surface area contributed by atoms with Crippen LogP contribution in [-0.4, -0.2) is 15.6 Å². The maximum Gasteiger partial charge on any atom is 0.179 e. The van der Waals surface area contributed by atoms with E-state index in [9.17, 15) is 4.79 Å². The Kier molecular flexibility index (Phi) is 2.65. The maximum atomic E-state index is 10.8. The zero-order valence-electron chi connectivity index (χ0n) is 6.95. The SMILES string of the molecule is C#CCCn1ccc(C(C)=O)n1. The van der Waals surface area contributed by atoms with Gasteiger partial charge in [0.05, 0.1) is 6.54 Å². The second kappa shape index (κ2) is 3.72. The minimum atomic E-state index is -0.0190.